The third kappa shape index (κ3) is 3.51. The zero-order valence-electron chi connectivity index (χ0n) is 13.9. The van der Waals surface area contributed by atoms with Crippen molar-refractivity contribution in [2.45, 2.75) is 19.8 Å². The van der Waals surface area contributed by atoms with Gasteiger partial charge in [0.1, 0.15) is 5.69 Å². The number of carbonyl (C=O) groups is 1. The first-order chi connectivity index (χ1) is 11.6. The summed E-state index contributed by atoms with van der Waals surface area (Å²) in [4.78, 5) is 27.4. The molecular formula is C17H23N3O4. The number of carbonyl (C=O) groups excluding carboxylic acids is 1. The number of hydrogen-bond acceptors (Lipinski definition) is 5. The first kappa shape index (κ1) is 16.7. The van der Waals surface area contributed by atoms with Crippen LogP contribution < -0.4 is 4.90 Å². The maximum absolute atomic E-state index is 12.5. The topological polar surface area (TPSA) is 75.9 Å². The Hall–Kier alpha value is -2.15. The summed E-state index contributed by atoms with van der Waals surface area (Å²) >= 11 is 0. The van der Waals surface area contributed by atoms with E-state index in [1.807, 2.05) is 0 Å². The fraction of sp³-hybridized carbons (Fsp3) is 0.588. The van der Waals surface area contributed by atoms with E-state index < -0.39 is 0 Å². The Labute approximate surface area is 141 Å². The molecule has 2 heterocycles. The van der Waals surface area contributed by atoms with Gasteiger partial charge in [-0.2, -0.15) is 0 Å². The predicted octanol–water partition coefficient (Wildman–Crippen LogP) is 2.30. The van der Waals surface area contributed by atoms with Crippen LogP contribution in [0.3, 0.4) is 0 Å². The van der Waals surface area contributed by atoms with Crippen molar-refractivity contribution in [1.82, 2.24) is 4.90 Å². The molecule has 1 aromatic carbocycles. The maximum Gasteiger partial charge on any atom is 0.293 e. The van der Waals surface area contributed by atoms with Gasteiger partial charge in [0.2, 0.25) is 0 Å². The summed E-state index contributed by atoms with van der Waals surface area (Å²) in [6, 6.07) is 4.86. The molecule has 2 aliphatic rings. The minimum Gasteiger partial charge on any atom is -0.378 e. The van der Waals surface area contributed by atoms with E-state index in [0.29, 0.717) is 43.5 Å². The maximum atomic E-state index is 12.5. The van der Waals surface area contributed by atoms with Crippen LogP contribution >= 0.6 is 0 Å². The van der Waals surface area contributed by atoms with Gasteiger partial charge in [-0.25, -0.2) is 0 Å². The summed E-state index contributed by atoms with van der Waals surface area (Å²) in [6.45, 7) is 5.87. The van der Waals surface area contributed by atoms with E-state index in [4.69, 9.17) is 4.74 Å². The molecule has 3 rings (SSSR count). The van der Waals surface area contributed by atoms with Crippen LogP contribution in [0.2, 0.25) is 0 Å². The smallest absolute Gasteiger partial charge is 0.293 e. The van der Waals surface area contributed by atoms with Crippen molar-refractivity contribution < 1.29 is 14.5 Å². The van der Waals surface area contributed by atoms with E-state index in [2.05, 4.69) is 11.8 Å². The number of amides is 1. The summed E-state index contributed by atoms with van der Waals surface area (Å²) in [7, 11) is 0. The zero-order chi connectivity index (χ0) is 17.1. The van der Waals surface area contributed by atoms with Crippen LogP contribution in [0, 0.1) is 16.0 Å². The summed E-state index contributed by atoms with van der Waals surface area (Å²) in [5.74, 6) is 0.355. The monoisotopic (exact) mass is 333 g/mol. The number of nitro benzene ring substituents is 1. The summed E-state index contributed by atoms with van der Waals surface area (Å²) in [5.41, 5.74) is 1.01. The molecule has 0 saturated carbocycles. The molecule has 1 aromatic rings. The SMILES string of the molecule is CC1CCCN(c2ccc(C(=O)N3CCOCC3)cc2[N+](=O)[O-])C1. The molecule has 1 unspecified atom stereocenters. The summed E-state index contributed by atoms with van der Waals surface area (Å²) in [6.07, 6.45) is 2.19. The van der Waals surface area contributed by atoms with Gasteiger partial charge in [0.05, 0.1) is 18.1 Å². The van der Waals surface area contributed by atoms with Crippen molar-refractivity contribution in [3.8, 4) is 0 Å². The van der Waals surface area contributed by atoms with E-state index in [1.54, 1.807) is 17.0 Å². The van der Waals surface area contributed by atoms with Gasteiger partial charge in [0, 0.05) is 37.8 Å². The number of benzene rings is 1. The molecular weight excluding hydrogens is 310 g/mol. The third-order valence-corrected chi connectivity index (χ3v) is 4.72. The van der Waals surface area contributed by atoms with Gasteiger partial charge in [-0.1, -0.05) is 6.92 Å². The van der Waals surface area contributed by atoms with Gasteiger partial charge < -0.3 is 14.5 Å². The second kappa shape index (κ2) is 7.17. The lowest BCUT2D eigenvalue weighted by molar-refractivity contribution is -0.384. The number of morpholine rings is 1. The number of rotatable bonds is 3. The molecule has 0 aromatic heterocycles. The van der Waals surface area contributed by atoms with E-state index in [1.165, 1.54) is 6.07 Å². The van der Waals surface area contributed by atoms with Gasteiger partial charge in [0.25, 0.3) is 11.6 Å². The van der Waals surface area contributed by atoms with Gasteiger partial charge in [-0.15, -0.1) is 0 Å². The summed E-state index contributed by atoms with van der Waals surface area (Å²) < 4.78 is 5.25. The molecule has 0 bridgehead atoms. The molecule has 24 heavy (non-hydrogen) atoms. The molecule has 7 heteroatoms. The highest BCUT2D eigenvalue weighted by Gasteiger charge is 2.26. The summed E-state index contributed by atoms with van der Waals surface area (Å²) in [5, 5.41) is 11.5. The molecule has 2 fully saturated rings. The van der Waals surface area contributed by atoms with E-state index >= 15 is 0 Å². The second-order valence-corrected chi connectivity index (χ2v) is 6.56. The molecule has 2 aliphatic heterocycles. The highest BCUT2D eigenvalue weighted by molar-refractivity contribution is 5.95. The van der Waals surface area contributed by atoms with Crippen molar-refractivity contribution in [2.24, 2.45) is 5.92 Å². The minimum atomic E-state index is -0.384. The largest absolute Gasteiger partial charge is 0.378 e. The van der Waals surface area contributed by atoms with Crippen molar-refractivity contribution in [1.29, 1.82) is 0 Å². The van der Waals surface area contributed by atoms with Gasteiger partial charge >= 0.3 is 0 Å². The van der Waals surface area contributed by atoms with Crippen molar-refractivity contribution >= 4 is 17.3 Å². The van der Waals surface area contributed by atoms with Crippen molar-refractivity contribution in [3.05, 3.63) is 33.9 Å². The van der Waals surface area contributed by atoms with Crippen LogP contribution in [0.25, 0.3) is 0 Å². The minimum absolute atomic E-state index is 0.0169. The van der Waals surface area contributed by atoms with E-state index in [9.17, 15) is 14.9 Å². The van der Waals surface area contributed by atoms with Crippen LogP contribution in [-0.4, -0.2) is 55.1 Å². The van der Waals surface area contributed by atoms with Gasteiger partial charge in [-0.3, -0.25) is 14.9 Å². The molecule has 0 radical (unpaired) electrons. The Morgan fingerprint density at radius 1 is 1.29 bits per heavy atom. The Kier molecular flexibility index (Phi) is 4.99. The third-order valence-electron chi connectivity index (χ3n) is 4.72. The number of nitro groups is 1. The Morgan fingerprint density at radius 2 is 2.04 bits per heavy atom. The molecule has 130 valence electrons. The first-order valence-corrected chi connectivity index (χ1v) is 8.46. The average Bonchev–Trinajstić information content (AvgIpc) is 2.61. The molecule has 2 saturated heterocycles. The molecule has 1 atom stereocenters. The Morgan fingerprint density at radius 3 is 2.71 bits per heavy atom. The number of nitrogens with zero attached hydrogens (tertiary/aromatic N) is 3. The molecule has 7 nitrogen and oxygen atoms in total. The van der Waals surface area contributed by atoms with Crippen LogP contribution in [0.15, 0.2) is 18.2 Å². The fourth-order valence-electron chi connectivity index (χ4n) is 3.43. The lowest BCUT2D eigenvalue weighted by Crippen LogP contribution is -2.40. The van der Waals surface area contributed by atoms with Crippen molar-refractivity contribution in [2.75, 3.05) is 44.3 Å². The van der Waals surface area contributed by atoms with E-state index in [0.717, 1.165) is 25.9 Å². The Bertz CT molecular complexity index is 628. The highest BCUT2D eigenvalue weighted by Crippen LogP contribution is 2.32. The fourth-order valence-corrected chi connectivity index (χ4v) is 3.43. The highest BCUT2D eigenvalue weighted by atomic mass is 16.6. The van der Waals surface area contributed by atoms with Crippen LogP contribution in [0.1, 0.15) is 30.1 Å². The quantitative estimate of drug-likeness (QED) is 0.627. The normalized spacial score (nSPS) is 21.6. The van der Waals surface area contributed by atoms with Gasteiger partial charge in [0.15, 0.2) is 0 Å². The lowest BCUT2D eigenvalue weighted by Gasteiger charge is -2.32. The lowest BCUT2D eigenvalue weighted by atomic mass is 9.99. The number of anilines is 1. The Balaban J connectivity index is 1.86. The first-order valence-electron chi connectivity index (χ1n) is 8.46. The van der Waals surface area contributed by atoms with Crippen LogP contribution in [-0.2, 0) is 4.74 Å². The van der Waals surface area contributed by atoms with Crippen LogP contribution in [0.4, 0.5) is 11.4 Å². The average molecular weight is 333 g/mol. The second-order valence-electron chi connectivity index (χ2n) is 6.56. The zero-order valence-corrected chi connectivity index (χ0v) is 13.9. The molecule has 1 amide bonds. The van der Waals surface area contributed by atoms with Gasteiger partial charge in [-0.05, 0) is 30.9 Å². The molecule has 0 N–H and O–H groups in total. The number of hydrogen-bond donors (Lipinski definition) is 0. The molecule has 0 aliphatic carbocycles. The van der Waals surface area contributed by atoms with Crippen molar-refractivity contribution in [3.63, 3.8) is 0 Å². The number of piperidine rings is 1. The molecule has 0 spiro atoms. The number of ether oxygens (including phenoxy) is 1. The standard InChI is InChI=1S/C17H23N3O4/c1-13-3-2-6-19(12-13)15-5-4-14(11-16(15)20(22)23)17(21)18-7-9-24-10-8-18/h4-5,11,13H,2-3,6-10,12H2,1H3. The van der Waals surface area contributed by atoms with E-state index in [-0.39, 0.29) is 16.5 Å². The predicted molar refractivity (Wildman–Crippen MR) is 90.4 cm³/mol. The van der Waals surface area contributed by atoms with Crippen LogP contribution in [0.5, 0.6) is 0 Å².